The number of ether oxygens (including phenoxy) is 1. The van der Waals surface area contributed by atoms with Crippen molar-refractivity contribution in [2.24, 2.45) is 5.92 Å². The molecule has 0 amide bonds. The topological polar surface area (TPSA) is 9.23 Å². The summed E-state index contributed by atoms with van der Waals surface area (Å²) in [6, 6.07) is 1.54. The molecule has 3 heteroatoms. The summed E-state index contributed by atoms with van der Waals surface area (Å²) in [7, 11) is 0.0750. The van der Waals surface area contributed by atoms with Crippen molar-refractivity contribution in [2.45, 2.75) is 38.1 Å². The van der Waals surface area contributed by atoms with Crippen LogP contribution in [0.3, 0.4) is 0 Å². The Labute approximate surface area is 91.7 Å². The van der Waals surface area contributed by atoms with Crippen LogP contribution >= 0.6 is 0 Å². The molecule has 0 aromatic rings. The van der Waals surface area contributed by atoms with Gasteiger partial charge >= 0.3 is 0 Å². The van der Waals surface area contributed by atoms with E-state index in [9.17, 15) is 0 Å². The molecule has 0 bridgehead atoms. The smallest absolute Gasteiger partial charge is 0.0111 e. The molecule has 1 saturated heterocycles. The van der Waals surface area contributed by atoms with Gasteiger partial charge in [0.25, 0.3) is 0 Å². The van der Waals surface area contributed by atoms with Crippen molar-refractivity contribution in [1.82, 2.24) is 0 Å². The minimum Gasteiger partial charge on any atom is -0.551 e. The molecule has 0 spiro atoms. The fourth-order valence-electron chi connectivity index (χ4n) is 1.68. The fourth-order valence-corrected chi connectivity index (χ4v) is 3.78. The molecule has 2 rings (SSSR count). The van der Waals surface area contributed by atoms with E-state index >= 15 is 0 Å². The second-order valence-corrected chi connectivity index (χ2v) is 5.69. The quantitative estimate of drug-likeness (QED) is 0.547. The third-order valence-corrected chi connectivity index (χ3v) is 4.91. The number of hydrogen-bond acceptors (Lipinski definition) is 1. The molecule has 12 heavy (non-hydrogen) atoms. The Morgan fingerprint density at radius 2 is 2.17 bits per heavy atom. The van der Waals surface area contributed by atoms with Gasteiger partial charge in [-0.3, -0.25) is 0 Å². The second kappa shape index (κ2) is 5.56. The molecule has 1 nitrogen and oxygen atoms in total. The third kappa shape index (κ3) is 3.72. The summed E-state index contributed by atoms with van der Waals surface area (Å²) in [5.41, 5.74) is 1.53. The van der Waals surface area contributed by atoms with Crippen LogP contribution < -0.4 is 0 Å². The summed E-state index contributed by atoms with van der Waals surface area (Å²) in [5, 5.41) is 0. The molecule has 1 aliphatic carbocycles. The van der Waals surface area contributed by atoms with E-state index in [1.807, 2.05) is 0 Å². The van der Waals surface area contributed by atoms with Crippen LogP contribution in [-0.4, -0.2) is 16.1 Å². The normalized spacial score (nSPS) is 26.0. The Morgan fingerprint density at radius 3 is 2.75 bits per heavy atom. The van der Waals surface area contributed by atoms with Gasteiger partial charge in [-0.05, 0) is 12.3 Å². The van der Waals surface area contributed by atoms with Crippen LogP contribution in [0.15, 0.2) is 0 Å². The monoisotopic (exact) mass is 364 g/mol. The molecule has 0 radical (unpaired) electrons. The molecule has 0 N–H and O–H groups in total. The molecule has 0 aromatic heterocycles. The Morgan fingerprint density at radius 1 is 1.33 bits per heavy atom. The molecule has 0 unspecified atom stereocenters. The van der Waals surface area contributed by atoms with Crippen molar-refractivity contribution < 1.29 is 25.8 Å². The van der Waals surface area contributed by atoms with Gasteiger partial charge in [-0.15, -0.1) is 0 Å². The SMILES string of the molecule is C1CC[C-]([SiH2]CC2CC2)OC1.[Pt]. The van der Waals surface area contributed by atoms with Crippen molar-refractivity contribution in [3.8, 4) is 0 Å². The van der Waals surface area contributed by atoms with Gasteiger partial charge in [-0.1, -0.05) is 34.8 Å². The minimum atomic E-state index is 0. The van der Waals surface area contributed by atoms with Crippen molar-refractivity contribution in [2.75, 3.05) is 6.61 Å². The average molecular weight is 364 g/mol. The summed E-state index contributed by atoms with van der Waals surface area (Å²) in [6.45, 7) is 1.02. The maximum absolute atomic E-state index is 5.63. The van der Waals surface area contributed by atoms with Gasteiger partial charge in [-0.2, -0.15) is 6.42 Å². The summed E-state index contributed by atoms with van der Waals surface area (Å²) in [6.07, 6.45) is 7.02. The van der Waals surface area contributed by atoms with E-state index < -0.39 is 0 Å². The average Bonchev–Trinajstić information content (AvgIpc) is 2.86. The van der Waals surface area contributed by atoms with Gasteiger partial charge in [0.15, 0.2) is 0 Å². The molecule has 1 aliphatic heterocycles. The molecule has 1 saturated carbocycles. The van der Waals surface area contributed by atoms with Gasteiger partial charge in [0.05, 0.1) is 0 Å². The van der Waals surface area contributed by atoms with Gasteiger partial charge < -0.3 is 4.74 Å². The van der Waals surface area contributed by atoms with Gasteiger partial charge in [0.2, 0.25) is 0 Å². The second-order valence-electron chi connectivity index (χ2n) is 3.83. The first-order valence-corrected chi connectivity index (χ1v) is 6.63. The zero-order valence-electron chi connectivity index (χ0n) is 7.46. The summed E-state index contributed by atoms with van der Waals surface area (Å²) >= 11 is 0. The molecule has 0 atom stereocenters. The third-order valence-electron chi connectivity index (χ3n) is 2.68. The molecule has 2 fully saturated rings. The largest absolute Gasteiger partial charge is 0.551 e. The molecular weight excluding hydrogens is 347 g/mol. The predicted octanol–water partition coefficient (Wildman–Crippen LogP) is 1.67. The van der Waals surface area contributed by atoms with E-state index in [0.29, 0.717) is 0 Å². The van der Waals surface area contributed by atoms with Crippen LogP contribution in [0.25, 0.3) is 0 Å². The van der Waals surface area contributed by atoms with Gasteiger partial charge in [0, 0.05) is 27.7 Å². The van der Waals surface area contributed by atoms with E-state index in [4.69, 9.17) is 4.74 Å². The van der Waals surface area contributed by atoms with E-state index in [-0.39, 0.29) is 30.6 Å². The van der Waals surface area contributed by atoms with Gasteiger partial charge in [-0.25, -0.2) is 5.73 Å². The maximum Gasteiger partial charge on any atom is 0.0111 e. The molecule has 0 aromatic carbocycles. The Bertz CT molecular complexity index is 122. The van der Waals surface area contributed by atoms with Crippen molar-refractivity contribution >= 4 is 9.52 Å². The van der Waals surface area contributed by atoms with E-state index in [2.05, 4.69) is 0 Å². The standard InChI is InChI=1S/C9H17OSi.Pt/c1-2-6-10-9(3-1)11-7-8-4-5-8;/h8H,1-7,11H2;/q-1;. The molecule has 1 heterocycles. The van der Waals surface area contributed by atoms with E-state index in [1.54, 1.807) is 0 Å². The van der Waals surface area contributed by atoms with E-state index in [0.717, 1.165) is 12.5 Å². The van der Waals surface area contributed by atoms with Crippen molar-refractivity contribution in [3.05, 3.63) is 5.73 Å². The first-order valence-electron chi connectivity index (χ1n) is 4.92. The summed E-state index contributed by atoms with van der Waals surface area (Å²) in [5.74, 6) is 1.12. The van der Waals surface area contributed by atoms with Crippen LogP contribution in [0.4, 0.5) is 0 Å². The van der Waals surface area contributed by atoms with E-state index in [1.165, 1.54) is 43.9 Å². The van der Waals surface area contributed by atoms with Crippen LogP contribution in [0.1, 0.15) is 32.1 Å². The Balaban J connectivity index is 0.000000720. The van der Waals surface area contributed by atoms with Gasteiger partial charge in [0.1, 0.15) is 0 Å². The van der Waals surface area contributed by atoms with Crippen LogP contribution in [0.5, 0.6) is 0 Å². The van der Waals surface area contributed by atoms with Crippen molar-refractivity contribution in [1.29, 1.82) is 0 Å². The maximum atomic E-state index is 5.63. The first-order chi connectivity index (χ1) is 5.45. The Hall–Kier alpha value is 0.865. The van der Waals surface area contributed by atoms with Crippen LogP contribution in [-0.2, 0) is 25.8 Å². The molecule has 2 aliphatic rings. The van der Waals surface area contributed by atoms with Crippen molar-refractivity contribution in [3.63, 3.8) is 0 Å². The number of rotatable bonds is 3. The molecular formula is C9H17OPtSi-. The zero-order chi connectivity index (χ0) is 7.52. The predicted molar refractivity (Wildman–Crippen MR) is 49.1 cm³/mol. The minimum absolute atomic E-state index is 0. The molecule has 74 valence electrons. The fraction of sp³-hybridized carbons (Fsp3) is 0.889. The number of hydrogen-bond donors (Lipinski definition) is 0. The summed E-state index contributed by atoms with van der Waals surface area (Å²) < 4.78 is 5.63. The zero-order valence-corrected chi connectivity index (χ0v) is 11.1. The van der Waals surface area contributed by atoms with Crippen LogP contribution in [0.2, 0.25) is 6.04 Å². The Kier molecular flexibility index (Phi) is 5.07. The van der Waals surface area contributed by atoms with Crippen LogP contribution in [0, 0.1) is 11.6 Å². The first kappa shape index (κ1) is 10.9. The summed E-state index contributed by atoms with van der Waals surface area (Å²) in [4.78, 5) is 0.